The monoisotopic (exact) mass is 237 g/mol. The molecule has 0 saturated heterocycles. The van der Waals surface area contributed by atoms with Crippen LogP contribution < -0.4 is 5.73 Å². The van der Waals surface area contributed by atoms with Crippen LogP contribution in [0.15, 0.2) is 28.5 Å². The molecule has 0 bridgehead atoms. The highest BCUT2D eigenvalue weighted by Crippen LogP contribution is 2.33. The summed E-state index contributed by atoms with van der Waals surface area (Å²) in [4.78, 5) is 4.29. The molecule has 0 aromatic carbocycles. The van der Waals surface area contributed by atoms with Crippen molar-refractivity contribution < 1.29 is 5.21 Å². The minimum absolute atomic E-state index is 0.135. The molecule has 1 fully saturated rings. The molecule has 0 unspecified atom stereocenters. The van der Waals surface area contributed by atoms with Crippen molar-refractivity contribution in [1.82, 2.24) is 4.98 Å². The van der Waals surface area contributed by atoms with Crippen molar-refractivity contribution in [3.05, 3.63) is 23.9 Å². The van der Waals surface area contributed by atoms with Crippen LogP contribution in [0, 0.1) is 0 Å². The van der Waals surface area contributed by atoms with Gasteiger partial charge in [-0.15, -0.1) is 11.8 Å². The maximum absolute atomic E-state index is 8.60. The molecule has 86 valence electrons. The van der Waals surface area contributed by atoms with E-state index in [9.17, 15) is 0 Å². The van der Waals surface area contributed by atoms with Crippen molar-refractivity contribution in [1.29, 1.82) is 0 Å². The molecular weight excluding hydrogens is 222 g/mol. The van der Waals surface area contributed by atoms with Crippen LogP contribution in [0.2, 0.25) is 0 Å². The van der Waals surface area contributed by atoms with Crippen LogP contribution in [-0.2, 0) is 0 Å². The van der Waals surface area contributed by atoms with Crippen LogP contribution in [0.5, 0.6) is 0 Å². The summed E-state index contributed by atoms with van der Waals surface area (Å²) >= 11 is 1.79. The Morgan fingerprint density at radius 2 is 2.25 bits per heavy atom. The first-order valence-electron chi connectivity index (χ1n) is 5.40. The molecule has 1 aromatic rings. The Kier molecular flexibility index (Phi) is 3.66. The number of thioether (sulfide) groups is 1. The largest absolute Gasteiger partial charge is 0.409 e. The van der Waals surface area contributed by atoms with E-state index in [1.54, 1.807) is 24.0 Å². The molecule has 1 aliphatic carbocycles. The van der Waals surface area contributed by atoms with Crippen molar-refractivity contribution in [2.75, 3.05) is 0 Å². The SMILES string of the molecule is NC(=NO)c1ccnc(SC2CCCC2)c1. The van der Waals surface area contributed by atoms with Crippen molar-refractivity contribution in [2.45, 2.75) is 36.0 Å². The molecule has 3 N–H and O–H groups in total. The van der Waals surface area contributed by atoms with Crippen molar-refractivity contribution in [3.63, 3.8) is 0 Å². The molecule has 1 heterocycles. The third kappa shape index (κ3) is 2.66. The molecule has 0 atom stereocenters. The summed E-state index contributed by atoms with van der Waals surface area (Å²) in [6, 6.07) is 3.62. The lowest BCUT2D eigenvalue weighted by atomic mass is 10.2. The van der Waals surface area contributed by atoms with Gasteiger partial charge in [0, 0.05) is 17.0 Å². The Morgan fingerprint density at radius 1 is 1.50 bits per heavy atom. The number of rotatable bonds is 3. The smallest absolute Gasteiger partial charge is 0.170 e. The molecular formula is C11H15N3OS. The lowest BCUT2D eigenvalue weighted by Crippen LogP contribution is -2.13. The van der Waals surface area contributed by atoms with Gasteiger partial charge in [0.1, 0.15) is 0 Å². The highest BCUT2D eigenvalue weighted by Gasteiger charge is 2.16. The van der Waals surface area contributed by atoms with E-state index < -0.39 is 0 Å². The summed E-state index contributed by atoms with van der Waals surface area (Å²) < 4.78 is 0. The van der Waals surface area contributed by atoms with Crippen LogP contribution in [-0.4, -0.2) is 21.3 Å². The van der Waals surface area contributed by atoms with Gasteiger partial charge in [-0.1, -0.05) is 18.0 Å². The zero-order chi connectivity index (χ0) is 11.4. The van der Waals surface area contributed by atoms with E-state index in [-0.39, 0.29) is 5.84 Å². The van der Waals surface area contributed by atoms with Crippen LogP contribution in [0.3, 0.4) is 0 Å². The Hall–Kier alpha value is -1.23. The Labute approximate surface area is 98.9 Å². The number of hydrogen-bond acceptors (Lipinski definition) is 4. The minimum atomic E-state index is 0.135. The summed E-state index contributed by atoms with van der Waals surface area (Å²) in [5.41, 5.74) is 6.25. The molecule has 1 aliphatic rings. The van der Waals surface area contributed by atoms with Crippen molar-refractivity contribution >= 4 is 17.6 Å². The Morgan fingerprint density at radius 3 is 2.94 bits per heavy atom. The highest BCUT2D eigenvalue weighted by molar-refractivity contribution is 7.99. The fourth-order valence-corrected chi connectivity index (χ4v) is 3.10. The fraction of sp³-hybridized carbons (Fsp3) is 0.455. The van der Waals surface area contributed by atoms with Gasteiger partial charge in [0.2, 0.25) is 0 Å². The summed E-state index contributed by atoms with van der Waals surface area (Å²) in [7, 11) is 0. The maximum Gasteiger partial charge on any atom is 0.170 e. The van der Waals surface area contributed by atoms with E-state index in [0.717, 1.165) is 10.6 Å². The van der Waals surface area contributed by atoms with Crippen molar-refractivity contribution in [2.24, 2.45) is 10.9 Å². The zero-order valence-electron chi connectivity index (χ0n) is 8.97. The first-order valence-corrected chi connectivity index (χ1v) is 6.28. The second-order valence-corrected chi connectivity index (χ2v) is 5.21. The zero-order valence-corrected chi connectivity index (χ0v) is 9.78. The van der Waals surface area contributed by atoms with Gasteiger partial charge in [0.15, 0.2) is 5.84 Å². The Balaban J connectivity index is 2.09. The minimum Gasteiger partial charge on any atom is -0.409 e. The normalized spacial score (nSPS) is 17.9. The number of nitrogens with two attached hydrogens (primary N) is 1. The van der Waals surface area contributed by atoms with Gasteiger partial charge in [0.05, 0.1) is 5.03 Å². The predicted octanol–water partition coefficient (Wildman–Crippen LogP) is 2.21. The summed E-state index contributed by atoms with van der Waals surface area (Å²) in [6.45, 7) is 0. The number of aromatic nitrogens is 1. The quantitative estimate of drug-likeness (QED) is 0.366. The molecule has 1 saturated carbocycles. The lowest BCUT2D eigenvalue weighted by Gasteiger charge is -2.08. The summed E-state index contributed by atoms with van der Waals surface area (Å²) in [5.74, 6) is 0.135. The molecule has 0 aliphatic heterocycles. The molecule has 5 heteroatoms. The molecule has 0 radical (unpaired) electrons. The van der Waals surface area contributed by atoms with Gasteiger partial charge >= 0.3 is 0 Å². The Bertz CT molecular complexity index is 389. The van der Waals surface area contributed by atoms with Gasteiger partial charge < -0.3 is 10.9 Å². The van der Waals surface area contributed by atoms with E-state index in [2.05, 4.69) is 10.1 Å². The first-order chi connectivity index (χ1) is 7.79. The van der Waals surface area contributed by atoms with Crippen LogP contribution >= 0.6 is 11.8 Å². The summed E-state index contributed by atoms with van der Waals surface area (Å²) in [6.07, 6.45) is 6.86. The van der Waals surface area contributed by atoms with E-state index in [1.165, 1.54) is 25.7 Å². The number of nitrogens with zero attached hydrogens (tertiary/aromatic N) is 2. The first kappa shape index (κ1) is 11.3. The van der Waals surface area contributed by atoms with Gasteiger partial charge in [-0.05, 0) is 25.0 Å². The summed E-state index contributed by atoms with van der Waals surface area (Å²) in [5, 5.41) is 13.2. The van der Waals surface area contributed by atoms with E-state index in [1.807, 2.05) is 6.07 Å². The second-order valence-electron chi connectivity index (χ2n) is 3.89. The van der Waals surface area contributed by atoms with Gasteiger partial charge in [0.25, 0.3) is 0 Å². The van der Waals surface area contributed by atoms with Crippen LogP contribution in [0.25, 0.3) is 0 Å². The number of oxime groups is 1. The van der Waals surface area contributed by atoms with Gasteiger partial charge in [-0.2, -0.15) is 0 Å². The number of amidine groups is 1. The average Bonchev–Trinajstić information content (AvgIpc) is 2.81. The van der Waals surface area contributed by atoms with Crippen LogP contribution in [0.4, 0.5) is 0 Å². The average molecular weight is 237 g/mol. The van der Waals surface area contributed by atoms with Gasteiger partial charge in [-0.25, -0.2) is 4.98 Å². The standard InChI is InChI=1S/C11H15N3OS/c12-11(14-15)8-5-6-13-10(7-8)16-9-3-1-2-4-9/h5-7,9,15H,1-4H2,(H2,12,14). The third-order valence-electron chi connectivity index (χ3n) is 2.73. The molecule has 4 nitrogen and oxygen atoms in total. The molecule has 16 heavy (non-hydrogen) atoms. The molecule has 2 rings (SSSR count). The maximum atomic E-state index is 8.60. The molecule has 0 amide bonds. The van der Waals surface area contributed by atoms with E-state index in [0.29, 0.717) is 5.25 Å². The fourth-order valence-electron chi connectivity index (χ4n) is 1.87. The van der Waals surface area contributed by atoms with Gasteiger partial charge in [-0.3, -0.25) is 0 Å². The number of pyridine rings is 1. The topological polar surface area (TPSA) is 71.5 Å². The number of hydrogen-bond donors (Lipinski definition) is 2. The third-order valence-corrected chi connectivity index (χ3v) is 4.00. The van der Waals surface area contributed by atoms with Crippen LogP contribution in [0.1, 0.15) is 31.2 Å². The van der Waals surface area contributed by atoms with Crippen molar-refractivity contribution in [3.8, 4) is 0 Å². The van der Waals surface area contributed by atoms with E-state index >= 15 is 0 Å². The lowest BCUT2D eigenvalue weighted by molar-refractivity contribution is 0.318. The molecule has 0 spiro atoms. The highest BCUT2D eigenvalue weighted by atomic mass is 32.2. The predicted molar refractivity (Wildman–Crippen MR) is 64.9 cm³/mol. The molecule has 1 aromatic heterocycles. The van der Waals surface area contributed by atoms with E-state index in [4.69, 9.17) is 10.9 Å². The second kappa shape index (κ2) is 5.21.